The van der Waals surface area contributed by atoms with Gasteiger partial charge in [-0.15, -0.1) is 0 Å². The SMILES string of the molecule is CN1C(=O)C(c2cccc(Br)c2)(c2cccc(OS(C)(=O)=O)c2)N=C1N. The van der Waals surface area contributed by atoms with Gasteiger partial charge in [0.05, 0.1) is 6.26 Å². The van der Waals surface area contributed by atoms with Gasteiger partial charge in [0.1, 0.15) is 5.75 Å². The third kappa shape index (κ3) is 3.19. The molecule has 26 heavy (non-hydrogen) atoms. The van der Waals surface area contributed by atoms with E-state index in [2.05, 4.69) is 20.9 Å². The number of hydrogen-bond acceptors (Lipinski definition) is 6. The molecule has 1 heterocycles. The fourth-order valence-electron chi connectivity index (χ4n) is 2.85. The van der Waals surface area contributed by atoms with Gasteiger partial charge in [-0.25, -0.2) is 4.99 Å². The van der Waals surface area contributed by atoms with Crippen LogP contribution in [-0.4, -0.2) is 38.5 Å². The number of aliphatic imine (C=N–C) groups is 1. The highest BCUT2D eigenvalue weighted by molar-refractivity contribution is 9.10. The van der Waals surface area contributed by atoms with Crippen molar-refractivity contribution in [2.75, 3.05) is 13.3 Å². The molecule has 0 aliphatic carbocycles. The van der Waals surface area contributed by atoms with Crippen LogP contribution in [0.4, 0.5) is 0 Å². The predicted molar refractivity (Wildman–Crippen MR) is 101 cm³/mol. The summed E-state index contributed by atoms with van der Waals surface area (Å²) in [6.45, 7) is 0. The number of carbonyl (C=O) groups is 1. The first kappa shape index (κ1) is 18.4. The average molecular weight is 438 g/mol. The summed E-state index contributed by atoms with van der Waals surface area (Å²) >= 11 is 3.40. The molecular weight excluding hydrogens is 422 g/mol. The Morgan fingerprint density at radius 2 is 1.77 bits per heavy atom. The highest BCUT2D eigenvalue weighted by Gasteiger charge is 2.49. The fourth-order valence-corrected chi connectivity index (χ4v) is 3.70. The summed E-state index contributed by atoms with van der Waals surface area (Å²) in [7, 11) is -2.17. The lowest BCUT2D eigenvalue weighted by Gasteiger charge is -2.26. The Kier molecular flexibility index (Phi) is 4.53. The smallest absolute Gasteiger partial charge is 0.306 e. The van der Waals surface area contributed by atoms with Gasteiger partial charge in [-0.2, -0.15) is 8.42 Å². The highest BCUT2D eigenvalue weighted by atomic mass is 79.9. The van der Waals surface area contributed by atoms with Crippen LogP contribution in [-0.2, 0) is 20.5 Å². The number of nitrogens with zero attached hydrogens (tertiary/aromatic N) is 2. The van der Waals surface area contributed by atoms with Crippen molar-refractivity contribution in [3.05, 3.63) is 64.1 Å². The van der Waals surface area contributed by atoms with Gasteiger partial charge in [0, 0.05) is 11.5 Å². The quantitative estimate of drug-likeness (QED) is 0.734. The molecular formula is C17H16BrN3O4S. The summed E-state index contributed by atoms with van der Waals surface area (Å²) in [5.41, 5.74) is 5.55. The Balaban J connectivity index is 2.24. The van der Waals surface area contributed by atoms with Crippen molar-refractivity contribution < 1.29 is 17.4 Å². The molecule has 1 aliphatic rings. The van der Waals surface area contributed by atoms with Gasteiger partial charge in [0.15, 0.2) is 11.5 Å². The van der Waals surface area contributed by atoms with Crippen molar-refractivity contribution in [3.63, 3.8) is 0 Å². The maximum atomic E-state index is 13.1. The zero-order chi connectivity index (χ0) is 19.1. The molecule has 1 amide bonds. The molecule has 1 atom stereocenters. The van der Waals surface area contributed by atoms with Gasteiger partial charge >= 0.3 is 10.1 Å². The first-order valence-electron chi connectivity index (χ1n) is 7.53. The average Bonchev–Trinajstić information content (AvgIpc) is 2.79. The number of carbonyl (C=O) groups excluding carboxylic acids is 1. The molecule has 0 saturated heterocycles. The van der Waals surface area contributed by atoms with Gasteiger partial charge in [0.2, 0.25) is 0 Å². The van der Waals surface area contributed by atoms with Gasteiger partial charge in [0.25, 0.3) is 5.91 Å². The van der Waals surface area contributed by atoms with Gasteiger partial charge in [-0.05, 0) is 35.4 Å². The van der Waals surface area contributed by atoms with E-state index >= 15 is 0 Å². The number of nitrogens with two attached hydrogens (primary N) is 1. The first-order valence-corrected chi connectivity index (χ1v) is 10.1. The van der Waals surface area contributed by atoms with Crippen LogP contribution in [0.15, 0.2) is 58.0 Å². The normalized spacial score (nSPS) is 20.2. The summed E-state index contributed by atoms with van der Waals surface area (Å²) in [5.74, 6) is -0.176. The molecule has 0 fully saturated rings. The molecule has 9 heteroatoms. The number of guanidine groups is 1. The molecule has 7 nitrogen and oxygen atoms in total. The molecule has 1 unspecified atom stereocenters. The molecule has 0 radical (unpaired) electrons. The van der Waals surface area contributed by atoms with Crippen LogP contribution in [0.1, 0.15) is 11.1 Å². The van der Waals surface area contributed by atoms with E-state index < -0.39 is 15.7 Å². The van der Waals surface area contributed by atoms with Gasteiger partial charge < -0.3 is 9.92 Å². The molecule has 0 bridgehead atoms. The van der Waals surface area contributed by atoms with E-state index in [1.54, 1.807) is 30.3 Å². The van der Waals surface area contributed by atoms with E-state index in [4.69, 9.17) is 9.92 Å². The monoisotopic (exact) mass is 437 g/mol. The number of rotatable bonds is 4. The largest absolute Gasteiger partial charge is 0.383 e. The Morgan fingerprint density at radius 3 is 2.31 bits per heavy atom. The summed E-state index contributed by atoms with van der Waals surface area (Å²) in [6.07, 6.45) is 0.953. The van der Waals surface area contributed by atoms with Crippen molar-refractivity contribution in [2.24, 2.45) is 10.7 Å². The second-order valence-electron chi connectivity index (χ2n) is 5.87. The second kappa shape index (κ2) is 6.40. The van der Waals surface area contributed by atoms with Crippen LogP contribution in [0.5, 0.6) is 5.75 Å². The van der Waals surface area contributed by atoms with E-state index in [0.29, 0.717) is 11.1 Å². The second-order valence-corrected chi connectivity index (χ2v) is 8.36. The molecule has 2 N–H and O–H groups in total. The van der Waals surface area contributed by atoms with Crippen molar-refractivity contribution in [1.82, 2.24) is 4.90 Å². The number of halogens is 1. The molecule has 0 spiro atoms. The maximum absolute atomic E-state index is 13.1. The zero-order valence-electron chi connectivity index (χ0n) is 14.0. The third-order valence-corrected chi connectivity index (χ3v) is 4.97. The zero-order valence-corrected chi connectivity index (χ0v) is 16.4. The minimum absolute atomic E-state index is 0.0735. The summed E-state index contributed by atoms with van der Waals surface area (Å²) in [6, 6.07) is 13.4. The van der Waals surface area contributed by atoms with Crippen LogP contribution in [0.3, 0.4) is 0 Å². The van der Waals surface area contributed by atoms with Crippen LogP contribution in [0, 0.1) is 0 Å². The first-order chi connectivity index (χ1) is 12.1. The van der Waals surface area contributed by atoms with Gasteiger partial charge in [-0.3, -0.25) is 9.69 Å². The van der Waals surface area contributed by atoms with Crippen molar-refractivity contribution in [2.45, 2.75) is 5.54 Å². The Labute approximate surface area is 159 Å². The number of amides is 1. The van der Waals surface area contributed by atoms with E-state index in [1.807, 2.05) is 6.07 Å². The lowest BCUT2D eigenvalue weighted by atomic mass is 9.83. The summed E-state index contributed by atoms with van der Waals surface area (Å²) in [5, 5.41) is 0. The standard InChI is InChI=1S/C17H16BrN3O4S/c1-21-15(22)17(20-16(21)19,11-5-3-7-13(18)9-11)12-6-4-8-14(10-12)25-26(2,23)24/h3-10H,1-2H3,(H2,19,20). The molecule has 1 aliphatic heterocycles. The molecule has 0 saturated carbocycles. The third-order valence-electron chi connectivity index (χ3n) is 3.98. The molecule has 2 aromatic carbocycles. The minimum atomic E-state index is -3.71. The van der Waals surface area contributed by atoms with E-state index in [0.717, 1.165) is 10.7 Å². The predicted octanol–water partition coefficient (Wildman–Crippen LogP) is 1.82. The topological polar surface area (TPSA) is 102 Å². The number of benzene rings is 2. The van der Waals surface area contributed by atoms with Crippen LogP contribution in [0.25, 0.3) is 0 Å². The summed E-state index contributed by atoms with van der Waals surface area (Å²) < 4.78 is 28.6. The fraction of sp³-hybridized carbons (Fsp3) is 0.176. The van der Waals surface area contributed by atoms with E-state index in [9.17, 15) is 13.2 Å². The van der Waals surface area contributed by atoms with Crippen molar-refractivity contribution in [1.29, 1.82) is 0 Å². The maximum Gasteiger partial charge on any atom is 0.306 e. The van der Waals surface area contributed by atoms with Crippen molar-refractivity contribution >= 4 is 37.9 Å². The van der Waals surface area contributed by atoms with Gasteiger partial charge in [-0.1, -0.05) is 40.2 Å². The number of likely N-dealkylation sites (N-methyl/N-ethyl adjacent to an activating group) is 1. The molecule has 2 aromatic rings. The molecule has 0 aromatic heterocycles. The van der Waals surface area contributed by atoms with Crippen LogP contribution >= 0.6 is 15.9 Å². The minimum Gasteiger partial charge on any atom is -0.383 e. The molecule has 3 rings (SSSR count). The lowest BCUT2D eigenvalue weighted by Crippen LogP contribution is -2.41. The van der Waals surface area contributed by atoms with Crippen LogP contribution < -0.4 is 9.92 Å². The number of hydrogen-bond donors (Lipinski definition) is 1. The lowest BCUT2D eigenvalue weighted by molar-refractivity contribution is -0.129. The van der Waals surface area contributed by atoms with Crippen LogP contribution in [0.2, 0.25) is 0 Å². The summed E-state index contributed by atoms with van der Waals surface area (Å²) in [4.78, 5) is 18.8. The van der Waals surface area contributed by atoms with E-state index in [1.165, 1.54) is 24.1 Å². The Hall–Kier alpha value is -2.39. The highest BCUT2D eigenvalue weighted by Crippen LogP contribution is 2.41. The Morgan fingerprint density at radius 1 is 1.15 bits per heavy atom. The van der Waals surface area contributed by atoms with E-state index in [-0.39, 0.29) is 17.6 Å². The molecule has 136 valence electrons. The Bertz CT molecular complexity index is 1020. The van der Waals surface area contributed by atoms with Crippen molar-refractivity contribution in [3.8, 4) is 5.75 Å².